The molecule has 2 amide bonds. The Morgan fingerprint density at radius 3 is 2.42 bits per heavy atom. The van der Waals surface area contributed by atoms with E-state index in [1.807, 2.05) is 0 Å². The number of halogens is 1. The monoisotopic (exact) mass is 539 g/mol. The number of aliphatic hydroxyl groups is 2. The first-order valence-corrected chi connectivity index (χ1v) is 14.0. The molecule has 0 saturated carbocycles. The topological polar surface area (TPSA) is 132 Å². The maximum atomic E-state index is 14.0. The molecule has 38 heavy (non-hydrogen) atoms. The van der Waals surface area contributed by atoms with Crippen LogP contribution in [0, 0.1) is 24.6 Å². The summed E-state index contributed by atoms with van der Waals surface area (Å²) in [5.41, 5.74) is 2.32. The zero-order valence-corrected chi connectivity index (χ0v) is 21.8. The quantitative estimate of drug-likeness (QED) is 0.208. The van der Waals surface area contributed by atoms with E-state index in [1.165, 1.54) is 30.6 Å². The second-order valence-corrected chi connectivity index (χ2v) is 11.5. The standard InChI is InChI=1S/C28H30FN3O5S/c1-20-7-10-26(29)25(15-20)28(36)31-24-6-2-5-21(17-24)8-9-22-16-23(19-30-18-22)27(35)32-38(37,13-3-11-33)14-4-12-34/h2,5-7,10,15-19,33-34,38H,3-4,11-14H2,1H3,(H,31,36)(H,32,35,37). The highest BCUT2D eigenvalue weighted by Gasteiger charge is 2.15. The maximum absolute atomic E-state index is 14.0. The first-order valence-electron chi connectivity index (χ1n) is 12.0. The van der Waals surface area contributed by atoms with Crippen LogP contribution in [-0.2, 0) is 10.1 Å². The second-order valence-electron chi connectivity index (χ2n) is 8.62. The molecule has 0 aliphatic carbocycles. The van der Waals surface area contributed by atoms with E-state index < -0.39 is 27.7 Å². The molecular formula is C28H30FN3O5S. The molecule has 0 aliphatic rings. The zero-order chi connectivity index (χ0) is 27.5. The van der Waals surface area contributed by atoms with E-state index in [0.29, 0.717) is 29.7 Å². The Bertz CT molecular complexity index is 1420. The molecule has 0 bridgehead atoms. The molecule has 1 aromatic heterocycles. The fraction of sp³-hybridized carbons (Fsp3) is 0.250. The van der Waals surface area contributed by atoms with Gasteiger partial charge in [-0.15, -0.1) is 10.1 Å². The van der Waals surface area contributed by atoms with Gasteiger partial charge in [-0.1, -0.05) is 29.5 Å². The van der Waals surface area contributed by atoms with E-state index >= 15 is 0 Å². The van der Waals surface area contributed by atoms with Crippen LogP contribution in [0.4, 0.5) is 10.1 Å². The van der Waals surface area contributed by atoms with Gasteiger partial charge < -0.3 is 20.1 Å². The van der Waals surface area contributed by atoms with Gasteiger partial charge in [0.15, 0.2) is 0 Å². The summed E-state index contributed by atoms with van der Waals surface area (Å²) < 4.78 is 28.9. The van der Waals surface area contributed by atoms with E-state index in [0.717, 1.165) is 5.56 Å². The number of aryl methyl sites for hydroxylation is 1. The maximum Gasteiger partial charge on any atom is 0.284 e. The summed E-state index contributed by atoms with van der Waals surface area (Å²) in [5.74, 6) is 4.42. The molecular weight excluding hydrogens is 509 g/mol. The summed E-state index contributed by atoms with van der Waals surface area (Å²) in [6.07, 6.45) is 3.42. The van der Waals surface area contributed by atoms with Crippen LogP contribution < -0.4 is 5.32 Å². The Kier molecular flexibility index (Phi) is 10.4. The van der Waals surface area contributed by atoms with Gasteiger partial charge in [0.05, 0.1) is 11.1 Å². The number of thiol groups is 1. The first-order chi connectivity index (χ1) is 18.2. The third-order valence-electron chi connectivity index (χ3n) is 5.45. The first kappa shape index (κ1) is 28.8. The number of benzene rings is 2. The number of carbonyl (C=O) groups excluding carboxylic acids is 2. The van der Waals surface area contributed by atoms with Crippen LogP contribution in [0.5, 0.6) is 0 Å². The number of hydrogen-bond acceptors (Lipinski definition) is 5. The lowest BCUT2D eigenvalue weighted by Gasteiger charge is -2.22. The third kappa shape index (κ3) is 8.39. The van der Waals surface area contributed by atoms with Crippen LogP contribution in [-0.4, -0.2) is 56.3 Å². The summed E-state index contributed by atoms with van der Waals surface area (Å²) in [6.45, 7) is 1.51. The Labute approximate surface area is 221 Å². The van der Waals surface area contributed by atoms with Gasteiger partial charge in [0.2, 0.25) is 0 Å². The zero-order valence-electron chi connectivity index (χ0n) is 20.9. The van der Waals surface area contributed by atoms with Crippen molar-refractivity contribution in [2.24, 2.45) is 4.36 Å². The SMILES string of the molecule is Cc1ccc(F)c(C(=O)Nc2cccc(C#Cc3cncc(C(=O)N=[SH](O)(CCCO)CCCO)c3)c2)c1. The van der Waals surface area contributed by atoms with Crippen molar-refractivity contribution in [1.29, 1.82) is 0 Å². The number of hydrogen-bond donors (Lipinski definition) is 5. The average Bonchev–Trinajstić information content (AvgIpc) is 2.91. The highest BCUT2D eigenvalue weighted by atomic mass is 32.3. The minimum Gasteiger partial charge on any atom is -0.396 e. The number of anilines is 1. The van der Waals surface area contributed by atoms with Crippen molar-refractivity contribution in [3.63, 3.8) is 0 Å². The lowest BCUT2D eigenvalue weighted by atomic mass is 10.1. The van der Waals surface area contributed by atoms with Crippen molar-refractivity contribution in [2.45, 2.75) is 19.8 Å². The van der Waals surface area contributed by atoms with Crippen molar-refractivity contribution in [3.8, 4) is 11.8 Å². The number of amides is 2. The van der Waals surface area contributed by atoms with Crippen molar-refractivity contribution < 1.29 is 28.7 Å². The van der Waals surface area contributed by atoms with Crippen LogP contribution in [0.2, 0.25) is 0 Å². The summed E-state index contributed by atoms with van der Waals surface area (Å²) in [5, 5.41) is 20.9. The number of aromatic nitrogens is 1. The molecule has 10 heteroatoms. The third-order valence-corrected chi connectivity index (χ3v) is 8.07. The molecule has 2 aromatic carbocycles. The number of nitrogens with one attached hydrogen (secondary N) is 1. The average molecular weight is 540 g/mol. The number of rotatable bonds is 9. The minimum absolute atomic E-state index is 0.0541. The lowest BCUT2D eigenvalue weighted by Crippen LogP contribution is -2.23. The van der Waals surface area contributed by atoms with E-state index in [9.17, 15) is 18.5 Å². The van der Waals surface area contributed by atoms with Crippen molar-refractivity contribution in [3.05, 3.63) is 94.6 Å². The van der Waals surface area contributed by atoms with Gasteiger partial charge >= 0.3 is 0 Å². The molecule has 0 radical (unpaired) electrons. The van der Waals surface area contributed by atoms with Crippen LogP contribution in [0.25, 0.3) is 0 Å². The van der Waals surface area contributed by atoms with Crippen LogP contribution in [0.15, 0.2) is 65.3 Å². The molecule has 200 valence electrons. The second kappa shape index (κ2) is 13.7. The van der Waals surface area contributed by atoms with Gasteiger partial charge in [-0.05, 0) is 56.2 Å². The van der Waals surface area contributed by atoms with Crippen molar-refractivity contribution >= 4 is 27.6 Å². The smallest absolute Gasteiger partial charge is 0.284 e. The molecule has 3 rings (SSSR count). The Morgan fingerprint density at radius 2 is 1.71 bits per heavy atom. The fourth-order valence-electron chi connectivity index (χ4n) is 3.54. The predicted molar refractivity (Wildman–Crippen MR) is 147 cm³/mol. The normalized spacial score (nSPS) is 11.3. The molecule has 1 heterocycles. The molecule has 0 atom stereocenters. The predicted octanol–water partition coefficient (Wildman–Crippen LogP) is 3.63. The Morgan fingerprint density at radius 1 is 1.00 bits per heavy atom. The molecule has 0 fully saturated rings. The summed E-state index contributed by atoms with van der Waals surface area (Å²) in [4.78, 5) is 29.3. The van der Waals surface area contributed by atoms with Crippen LogP contribution >= 0.6 is 0 Å². The number of carbonyl (C=O) groups is 2. The van der Waals surface area contributed by atoms with Crippen molar-refractivity contribution in [2.75, 3.05) is 30.0 Å². The van der Waals surface area contributed by atoms with Gasteiger partial charge in [0.1, 0.15) is 5.82 Å². The Balaban J connectivity index is 1.78. The molecule has 8 nitrogen and oxygen atoms in total. The van der Waals surface area contributed by atoms with Gasteiger partial charge in [-0.3, -0.25) is 14.6 Å². The van der Waals surface area contributed by atoms with E-state index in [1.54, 1.807) is 37.3 Å². The Hall–Kier alpha value is -3.75. The van der Waals surface area contributed by atoms with E-state index in [-0.39, 0.29) is 35.8 Å². The molecule has 0 spiro atoms. The number of aliphatic hydroxyl groups excluding tert-OH is 2. The van der Waals surface area contributed by atoms with Gasteiger partial charge in [0.25, 0.3) is 11.8 Å². The van der Waals surface area contributed by atoms with Gasteiger partial charge in [-0.25, -0.2) is 4.39 Å². The molecule has 0 saturated heterocycles. The summed E-state index contributed by atoms with van der Waals surface area (Å²) >= 11 is 0. The molecule has 0 unspecified atom stereocenters. The van der Waals surface area contributed by atoms with Gasteiger partial charge in [-0.2, -0.15) is 4.36 Å². The number of pyridine rings is 1. The fourth-order valence-corrected chi connectivity index (χ4v) is 5.72. The number of nitrogens with zero attached hydrogens (tertiary/aromatic N) is 2. The lowest BCUT2D eigenvalue weighted by molar-refractivity contribution is 0.1000. The minimum atomic E-state index is -3.01. The van der Waals surface area contributed by atoms with E-state index in [2.05, 4.69) is 26.5 Å². The van der Waals surface area contributed by atoms with Crippen molar-refractivity contribution in [1.82, 2.24) is 4.98 Å². The summed E-state index contributed by atoms with van der Waals surface area (Å²) in [7, 11) is -3.01. The molecule has 0 aliphatic heterocycles. The highest BCUT2D eigenvalue weighted by Crippen LogP contribution is 2.16. The highest BCUT2D eigenvalue weighted by molar-refractivity contribution is 8.00. The molecule has 4 N–H and O–H groups in total. The summed E-state index contributed by atoms with van der Waals surface area (Å²) in [6, 6.07) is 12.6. The molecule has 3 aromatic rings. The van der Waals surface area contributed by atoms with Crippen LogP contribution in [0.3, 0.4) is 0 Å². The van der Waals surface area contributed by atoms with Crippen LogP contribution in [0.1, 0.15) is 50.2 Å². The largest absolute Gasteiger partial charge is 0.396 e. The van der Waals surface area contributed by atoms with E-state index in [4.69, 9.17) is 10.2 Å². The van der Waals surface area contributed by atoms with Gasteiger partial charge in [0, 0.05) is 53.9 Å².